The Bertz CT molecular complexity index is 399. The van der Waals surface area contributed by atoms with Crippen molar-refractivity contribution in [2.24, 2.45) is 11.8 Å². The molecule has 0 aromatic carbocycles. The van der Waals surface area contributed by atoms with Crippen molar-refractivity contribution in [1.29, 1.82) is 0 Å². The number of carbonyl (C=O) groups is 1. The molecule has 1 aliphatic rings. The van der Waals surface area contributed by atoms with Crippen LogP contribution in [-0.2, 0) is 4.79 Å². The fourth-order valence-electron chi connectivity index (χ4n) is 3.52. The Balaban J connectivity index is 2.42. The summed E-state index contributed by atoms with van der Waals surface area (Å²) in [5.41, 5.74) is 0. The zero-order valence-electron chi connectivity index (χ0n) is 14.2. The van der Waals surface area contributed by atoms with Gasteiger partial charge < -0.3 is 20.4 Å². The van der Waals surface area contributed by atoms with Crippen LogP contribution in [0.15, 0.2) is 11.8 Å². The average Bonchev–Trinajstić information content (AvgIpc) is 2.80. The van der Waals surface area contributed by atoms with E-state index in [4.69, 9.17) is 5.11 Å². The minimum atomic E-state index is -0.764. The van der Waals surface area contributed by atoms with Crippen LogP contribution in [-0.4, -0.2) is 43.9 Å². The molecule has 24 heavy (non-hydrogen) atoms. The van der Waals surface area contributed by atoms with Crippen molar-refractivity contribution in [3.05, 3.63) is 11.8 Å². The number of aliphatic hydroxyl groups is 3. The van der Waals surface area contributed by atoms with Gasteiger partial charge in [0, 0.05) is 24.1 Å². The molecule has 0 unspecified atom stereocenters. The first-order chi connectivity index (χ1) is 11.5. The number of unbranched alkanes of at least 4 members (excludes halogenated alkanes) is 5. The Labute approximate surface area is 152 Å². The average molecular weight is 407 g/mol. The molecule has 1 rings (SSSR count). The molecule has 0 bridgehead atoms. The Morgan fingerprint density at radius 2 is 1.71 bits per heavy atom. The molecular weight excluding hydrogens is 376 g/mol. The SMILES string of the molecule is O=C(O)CCCCCC[C@@H]1[C@@H](C(O)=CCCCCBr)[C@H](O)C[C@@H]1O. The summed E-state index contributed by atoms with van der Waals surface area (Å²) in [6.07, 6.45) is 7.89. The molecule has 0 aromatic heterocycles. The zero-order valence-corrected chi connectivity index (χ0v) is 15.8. The summed E-state index contributed by atoms with van der Waals surface area (Å²) in [7, 11) is 0. The van der Waals surface area contributed by atoms with Gasteiger partial charge in [-0.1, -0.05) is 35.2 Å². The van der Waals surface area contributed by atoms with Crippen LogP contribution in [0.25, 0.3) is 0 Å². The van der Waals surface area contributed by atoms with Gasteiger partial charge >= 0.3 is 5.97 Å². The maximum atomic E-state index is 10.5. The van der Waals surface area contributed by atoms with Gasteiger partial charge in [-0.15, -0.1) is 0 Å². The smallest absolute Gasteiger partial charge is 0.303 e. The van der Waals surface area contributed by atoms with Crippen LogP contribution in [0.1, 0.15) is 64.2 Å². The highest BCUT2D eigenvalue weighted by molar-refractivity contribution is 9.09. The standard InChI is InChI=1S/C18H31BrO5/c19-11-7-3-5-9-14(20)18-13(15(21)12-16(18)22)8-4-1-2-6-10-17(23)24/h9,13,15-16,18,20-22H,1-8,10-12H2,(H,23,24)/t13-,15-,16+,18-/m0/s1. The summed E-state index contributed by atoms with van der Waals surface area (Å²) >= 11 is 3.38. The van der Waals surface area contributed by atoms with Gasteiger partial charge in [-0.05, 0) is 44.1 Å². The molecule has 6 heteroatoms. The van der Waals surface area contributed by atoms with E-state index in [1.54, 1.807) is 6.08 Å². The van der Waals surface area contributed by atoms with Gasteiger partial charge in [-0.25, -0.2) is 0 Å². The molecule has 140 valence electrons. The zero-order chi connectivity index (χ0) is 17.9. The minimum absolute atomic E-state index is 0.119. The third kappa shape index (κ3) is 7.53. The van der Waals surface area contributed by atoms with Gasteiger partial charge in [0.1, 0.15) is 0 Å². The lowest BCUT2D eigenvalue weighted by Gasteiger charge is -2.23. The van der Waals surface area contributed by atoms with Crippen LogP contribution >= 0.6 is 15.9 Å². The molecule has 0 amide bonds. The molecule has 0 spiro atoms. The van der Waals surface area contributed by atoms with E-state index in [0.29, 0.717) is 12.8 Å². The van der Waals surface area contributed by atoms with Crippen LogP contribution in [0.4, 0.5) is 0 Å². The first-order valence-electron chi connectivity index (χ1n) is 9.00. The topological polar surface area (TPSA) is 98.0 Å². The number of carboxylic acid groups (broad SMARTS) is 1. The predicted octanol–water partition coefficient (Wildman–Crippen LogP) is 3.78. The molecule has 1 aliphatic carbocycles. The van der Waals surface area contributed by atoms with Crippen molar-refractivity contribution in [3.8, 4) is 0 Å². The first kappa shape index (κ1) is 21.5. The third-order valence-corrected chi connectivity index (χ3v) is 5.37. The van der Waals surface area contributed by atoms with Crippen LogP contribution in [0, 0.1) is 11.8 Å². The van der Waals surface area contributed by atoms with Gasteiger partial charge in [0.15, 0.2) is 0 Å². The van der Waals surface area contributed by atoms with E-state index in [9.17, 15) is 20.1 Å². The summed E-state index contributed by atoms with van der Waals surface area (Å²) in [5.74, 6) is -1.04. The number of hydrogen-bond acceptors (Lipinski definition) is 4. The third-order valence-electron chi connectivity index (χ3n) is 4.81. The predicted molar refractivity (Wildman–Crippen MR) is 97.3 cm³/mol. The van der Waals surface area contributed by atoms with E-state index in [2.05, 4.69) is 15.9 Å². The fraction of sp³-hybridized carbons (Fsp3) is 0.833. The van der Waals surface area contributed by atoms with Gasteiger partial charge in [0.25, 0.3) is 0 Å². The van der Waals surface area contributed by atoms with Crippen molar-refractivity contribution >= 4 is 21.9 Å². The number of alkyl halides is 1. The molecular formula is C18H31BrO5. The number of aliphatic carboxylic acids is 1. The van der Waals surface area contributed by atoms with Gasteiger partial charge in [-0.2, -0.15) is 0 Å². The van der Waals surface area contributed by atoms with Crippen LogP contribution < -0.4 is 0 Å². The molecule has 5 nitrogen and oxygen atoms in total. The largest absolute Gasteiger partial charge is 0.512 e. The van der Waals surface area contributed by atoms with Crippen molar-refractivity contribution in [3.63, 3.8) is 0 Å². The number of aliphatic hydroxyl groups excluding tert-OH is 3. The van der Waals surface area contributed by atoms with E-state index in [-0.39, 0.29) is 24.0 Å². The molecule has 0 aromatic rings. The molecule has 0 saturated heterocycles. The normalized spacial score (nSPS) is 27.5. The van der Waals surface area contributed by atoms with Crippen LogP contribution in [0.5, 0.6) is 0 Å². The summed E-state index contributed by atoms with van der Waals surface area (Å²) in [6.45, 7) is 0. The number of hydrogen-bond donors (Lipinski definition) is 4. The molecule has 0 heterocycles. The Morgan fingerprint density at radius 3 is 2.38 bits per heavy atom. The quantitative estimate of drug-likeness (QED) is 0.224. The highest BCUT2D eigenvalue weighted by Crippen LogP contribution is 2.39. The summed E-state index contributed by atoms with van der Waals surface area (Å²) < 4.78 is 0. The van der Waals surface area contributed by atoms with E-state index < -0.39 is 18.2 Å². The maximum Gasteiger partial charge on any atom is 0.303 e. The summed E-state index contributed by atoms with van der Waals surface area (Å²) in [6, 6.07) is 0. The van der Waals surface area contributed by atoms with Gasteiger partial charge in [-0.3, -0.25) is 4.79 Å². The van der Waals surface area contributed by atoms with Crippen LogP contribution in [0.3, 0.4) is 0 Å². The Hall–Kier alpha value is -0.590. The minimum Gasteiger partial charge on any atom is -0.512 e. The number of rotatable bonds is 12. The second-order valence-electron chi connectivity index (χ2n) is 6.72. The molecule has 0 radical (unpaired) electrons. The van der Waals surface area contributed by atoms with Gasteiger partial charge in [0.2, 0.25) is 0 Å². The second-order valence-corrected chi connectivity index (χ2v) is 7.51. The van der Waals surface area contributed by atoms with E-state index in [0.717, 1.165) is 50.3 Å². The highest BCUT2D eigenvalue weighted by Gasteiger charge is 2.43. The lowest BCUT2D eigenvalue weighted by Crippen LogP contribution is -2.24. The van der Waals surface area contributed by atoms with Crippen molar-refractivity contribution in [2.45, 2.75) is 76.4 Å². The van der Waals surface area contributed by atoms with Crippen molar-refractivity contribution < 1.29 is 25.2 Å². The van der Waals surface area contributed by atoms with Crippen molar-refractivity contribution in [1.82, 2.24) is 0 Å². The highest BCUT2D eigenvalue weighted by atomic mass is 79.9. The monoisotopic (exact) mass is 406 g/mol. The molecule has 1 saturated carbocycles. The van der Waals surface area contributed by atoms with Crippen molar-refractivity contribution in [2.75, 3.05) is 5.33 Å². The van der Waals surface area contributed by atoms with Gasteiger partial charge in [0.05, 0.1) is 18.0 Å². The van der Waals surface area contributed by atoms with E-state index >= 15 is 0 Å². The molecule has 4 N–H and O–H groups in total. The van der Waals surface area contributed by atoms with Crippen LogP contribution in [0.2, 0.25) is 0 Å². The molecule has 0 aliphatic heterocycles. The van der Waals surface area contributed by atoms with E-state index in [1.165, 1.54) is 0 Å². The maximum absolute atomic E-state index is 10.5. The number of allylic oxidation sites excluding steroid dienone is 1. The lowest BCUT2D eigenvalue weighted by molar-refractivity contribution is -0.137. The molecule has 4 atom stereocenters. The lowest BCUT2D eigenvalue weighted by atomic mass is 9.86. The summed E-state index contributed by atoms with van der Waals surface area (Å²) in [4.78, 5) is 10.5. The fourth-order valence-corrected chi connectivity index (χ4v) is 3.91. The Morgan fingerprint density at radius 1 is 1.00 bits per heavy atom. The van der Waals surface area contributed by atoms with E-state index in [1.807, 2.05) is 0 Å². The second kappa shape index (κ2) is 11.9. The Kier molecular flexibility index (Phi) is 10.6. The molecule has 1 fully saturated rings. The number of halogens is 1. The number of carboxylic acids is 1. The first-order valence-corrected chi connectivity index (χ1v) is 10.1. The summed E-state index contributed by atoms with van der Waals surface area (Å²) in [5, 5.41) is 40.2.